The van der Waals surface area contributed by atoms with Crippen LogP contribution in [0.25, 0.3) is 0 Å². The van der Waals surface area contributed by atoms with E-state index in [2.05, 4.69) is 26.0 Å². The van der Waals surface area contributed by atoms with Gasteiger partial charge in [0.2, 0.25) is 0 Å². The van der Waals surface area contributed by atoms with Gasteiger partial charge in [0.25, 0.3) is 7.82 Å². The number of nitrogens with zero attached hydrogens (tertiary/aromatic N) is 1. The Bertz CT molecular complexity index is 1360. The number of allylic oxidation sites excluding steroid dienone is 5. The molecule has 0 bridgehead atoms. The normalized spacial score (nSPS) is 18.8. The number of quaternary nitrogens is 1. The van der Waals surface area contributed by atoms with E-state index in [1.807, 2.05) is 33.3 Å². The van der Waals surface area contributed by atoms with Crippen LogP contribution in [0.1, 0.15) is 200 Å². The van der Waals surface area contributed by atoms with Crippen LogP contribution in [-0.2, 0) is 37.5 Å². The van der Waals surface area contributed by atoms with E-state index in [4.69, 9.17) is 18.5 Å². The number of hydrogen-bond donors (Lipinski definition) is 2. The molecule has 0 heterocycles. The highest BCUT2D eigenvalue weighted by atomic mass is 31.2. The molecule has 0 radical (unpaired) electrons. The number of hydrogen-bond acceptors (Lipinski definition) is 11. The van der Waals surface area contributed by atoms with Crippen molar-refractivity contribution in [3.8, 4) is 0 Å². The van der Waals surface area contributed by atoms with Gasteiger partial charge in [0, 0.05) is 31.1 Å². The van der Waals surface area contributed by atoms with E-state index in [0.717, 1.165) is 38.5 Å². The van der Waals surface area contributed by atoms with Crippen molar-refractivity contribution in [1.82, 2.24) is 0 Å². The topological polar surface area (TPSA) is 169 Å². The highest BCUT2D eigenvalue weighted by molar-refractivity contribution is 7.45. The Kier molecular flexibility index (Phi) is 36.3. The average Bonchev–Trinajstić information content (AvgIpc) is 3.52. The van der Waals surface area contributed by atoms with Gasteiger partial charge in [-0.05, 0) is 57.8 Å². The molecule has 1 fully saturated rings. The number of phosphoric ester groups is 1. The highest BCUT2D eigenvalue weighted by Gasteiger charge is 2.39. The summed E-state index contributed by atoms with van der Waals surface area (Å²) in [5.41, 5.74) is 0. The molecule has 378 valence electrons. The zero-order valence-corrected chi connectivity index (χ0v) is 42.5. The van der Waals surface area contributed by atoms with Crippen molar-refractivity contribution in [1.29, 1.82) is 0 Å². The first kappa shape index (κ1) is 60.8. The van der Waals surface area contributed by atoms with E-state index in [1.54, 1.807) is 12.2 Å². The maximum atomic E-state index is 12.8. The van der Waals surface area contributed by atoms with Crippen LogP contribution in [-0.4, -0.2) is 98.2 Å². The first-order valence-corrected chi connectivity index (χ1v) is 27.3. The van der Waals surface area contributed by atoms with Gasteiger partial charge in [-0.25, -0.2) is 0 Å². The second-order valence-electron chi connectivity index (χ2n) is 19.3. The predicted octanol–water partition coefficient (Wildman–Crippen LogP) is 11.2. The number of aliphatic hydroxyl groups excluding tert-OH is 2. The molecule has 1 aliphatic carbocycles. The van der Waals surface area contributed by atoms with Crippen LogP contribution >= 0.6 is 7.82 Å². The zero-order chi connectivity index (χ0) is 48.0. The van der Waals surface area contributed by atoms with Crippen molar-refractivity contribution in [3.05, 3.63) is 36.5 Å². The number of esters is 2. The van der Waals surface area contributed by atoms with Crippen LogP contribution in [0.2, 0.25) is 0 Å². The number of carbonyl (C=O) groups is 3. The molecule has 6 atom stereocenters. The summed E-state index contributed by atoms with van der Waals surface area (Å²) >= 11 is 0. The fourth-order valence-corrected chi connectivity index (χ4v) is 8.60. The number of aliphatic hydroxyl groups is 2. The molecule has 0 aromatic rings. The summed E-state index contributed by atoms with van der Waals surface area (Å²) in [5.74, 6) is -1.79. The largest absolute Gasteiger partial charge is 0.756 e. The van der Waals surface area contributed by atoms with E-state index in [-0.39, 0.29) is 44.2 Å². The van der Waals surface area contributed by atoms with Crippen LogP contribution in [0.15, 0.2) is 36.5 Å². The molecule has 2 N–H and O–H groups in total. The Morgan fingerprint density at radius 2 is 1.25 bits per heavy atom. The van der Waals surface area contributed by atoms with Crippen LogP contribution in [0, 0.1) is 11.8 Å². The summed E-state index contributed by atoms with van der Waals surface area (Å²) in [7, 11) is 1.00. The molecular weight excluding hydrogens is 846 g/mol. The van der Waals surface area contributed by atoms with Crippen LogP contribution in [0.5, 0.6) is 0 Å². The minimum Gasteiger partial charge on any atom is -0.756 e. The lowest BCUT2D eigenvalue weighted by atomic mass is 9.90. The quantitative estimate of drug-likeness (QED) is 0.0196. The number of ketones is 1. The van der Waals surface area contributed by atoms with Crippen LogP contribution in [0.4, 0.5) is 0 Å². The van der Waals surface area contributed by atoms with Crippen LogP contribution < -0.4 is 4.89 Å². The van der Waals surface area contributed by atoms with Gasteiger partial charge in [0.15, 0.2) is 6.10 Å². The van der Waals surface area contributed by atoms with Gasteiger partial charge in [-0.1, -0.05) is 159 Å². The molecule has 1 rings (SSSR count). The molecule has 0 spiro atoms. The summed E-state index contributed by atoms with van der Waals surface area (Å²) in [5, 5.41) is 20.8. The highest BCUT2D eigenvalue weighted by Crippen LogP contribution is 2.38. The van der Waals surface area contributed by atoms with Gasteiger partial charge < -0.3 is 38.1 Å². The van der Waals surface area contributed by atoms with Crippen molar-refractivity contribution >= 4 is 25.5 Å². The maximum absolute atomic E-state index is 12.8. The van der Waals surface area contributed by atoms with Crippen molar-refractivity contribution in [2.75, 3.05) is 47.5 Å². The van der Waals surface area contributed by atoms with Crippen molar-refractivity contribution in [3.63, 3.8) is 0 Å². The molecule has 0 aliphatic heterocycles. The van der Waals surface area contributed by atoms with Gasteiger partial charge >= 0.3 is 11.9 Å². The standard InChI is InChI=1S/C52H94NO11P/c1-6-8-10-11-12-13-14-15-16-17-18-19-20-21-22-23-24-25-26-27-32-36-51(57)61-43-46(44-63-65(59,60)62-41-40-53(3,4)5)64-52(58)37-33-29-28-31-35-47-48(50(56)42-49(47)55)39-38-45(54)34-30-9-7-2/h15-16,28,31,38-39,45-49,54-55H,6-14,17-27,29-30,32-37,40-44H2,1-5H3/b16-15-,31-28-,39-38+/t45-,46+,47+,48+,49-/m0/s1. The number of carbonyl (C=O) groups excluding carboxylic acids is 3. The maximum Gasteiger partial charge on any atom is 0.306 e. The van der Waals surface area contributed by atoms with E-state index in [1.165, 1.54) is 96.3 Å². The Balaban J connectivity index is 2.40. The van der Waals surface area contributed by atoms with Gasteiger partial charge in [0.1, 0.15) is 25.5 Å². The molecular formula is C52H94NO11P. The van der Waals surface area contributed by atoms with Gasteiger partial charge in [-0.2, -0.15) is 0 Å². The molecule has 12 nitrogen and oxygen atoms in total. The molecule has 0 amide bonds. The Hall–Kier alpha value is -2.18. The second kappa shape index (κ2) is 38.8. The minimum atomic E-state index is -4.71. The fourth-order valence-electron chi connectivity index (χ4n) is 7.87. The SMILES string of the molecule is CCCCCCCC/C=C\CCCCCCCCCCCCCC(=O)OC[C@H](COP(=O)([O-])OCC[N+](C)(C)C)OC(=O)CCC/C=C\C[C@H]1[C@@H](O)CC(=O)[C@@H]1/C=C/[C@@H](O)CCCCC. The lowest BCUT2D eigenvalue weighted by Gasteiger charge is -2.28. The van der Waals surface area contributed by atoms with E-state index in [0.29, 0.717) is 43.1 Å². The zero-order valence-electron chi connectivity index (χ0n) is 41.6. The molecule has 65 heavy (non-hydrogen) atoms. The van der Waals surface area contributed by atoms with Gasteiger partial charge in [-0.3, -0.25) is 18.9 Å². The van der Waals surface area contributed by atoms with Crippen molar-refractivity contribution in [2.24, 2.45) is 11.8 Å². The first-order valence-electron chi connectivity index (χ1n) is 25.8. The molecule has 0 aromatic carbocycles. The number of ether oxygens (including phenoxy) is 2. The second-order valence-corrected chi connectivity index (χ2v) is 20.7. The third-order valence-electron chi connectivity index (χ3n) is 12.0. The number of rotatable bonds is 43. The first-order chi connectivity index (χ1) is 31.2. The van der Waals surface area contributed by atoms with Gasteiger partial charge in [0.05, 0.1) is 40.0 Å². The fraction of sp³-hybridized carbons (Fsp3) is 0.827. The lowest BCUT2D eigenvalue weighted by Crippen LogP contribution is -2.37. The molecule has 13 heteroatoms. The molecule has 1 aliphatic rings. The smallest absolute Gasteiger partial charge is 0.306 e. The Morgan fingerprint density at radius 1 is 0.723 bits per heavy atom. The lowest BCUT2D eigenvalue weighted by molar-refractivity contribution is -0.870. The summed E-state index contributed by atoms with van der Waals surface area (Å²) in [6.07, 6.45) is 38.2. The monoisotopic (exact) mass is 940 g/mol. The number of unbranched alkanes of at least 4 members (excludes halogenated alkanes) is 20. The summed E-state index contributed by atoms with van der Waals surface area (Å²) < 4.78 is 33.9. The third kappa shape index (κ3) is 35.6. The molecule has 0 saturated heterocycles. The van der Waals surface area contributed by atoms with E-state index >= 15 is 0 Å². The van der Waals surface area contributed by atoms with Crippen LogP contribution in [0.3, 0.4) is 0 Å². The van der Waals surface area contributed by atoms with E-state index in [9.17, 15) is 34.1 Å². The Morgan fingerprint density at radius 3 is 1.85 bits per heavy atom. The summed E-state index contributed by atoms with van der Waals surface area (Å²) in [6.45, 7) is 3.83. The number of Topliss-reactive ketones (excluding diaryl/α,β-unsaturated/α-hetero) is 1. The number of phosphoric acid groups is 1. The minimum absolute atomic E-state index is 0.0336. The predicted molar refractivity (Wildman–Crippen MR) is 260 cm³/mol. The molecule has 1 unspecified atom stereocenters. The Labute approximate surface area is 395 Å². The molecule has 0 aromatic heterocycles. The summed E-state index contributed by atoms with van der Waals surface area (Å²) in [6, 6.07) is 0. The third-order valence-corrected chi connectivity index (χ3v) is 13.0. The number of likely N-dealkylation sites (N-methyl/N-ethyl adjacent to an activating group) is 1. The van der Waals surface area contributed by atoms with Gasteiger partial charge in [-0.15, -0.1) is 0 Å². The van der Waals surface area contributed by atoms with Crippen molar-refractivity contribution < 1.29 is 57.1 Å². The van der Waals surface area contributed by atoms with E-state index < -0.39 is 50.6 Å². The average molecular weight is 940 g/mol. The molecule has 1 saturated carbocycles. The summed E-state index contributed by atoms with van der Waals surface area (Å²) in [4.78, 5) is 50.5. The van der Waals surface area contributed by atoms with Crippen molar-refractivity contribution in [2.45, 2.75) is 218 Å².